The number of hydrogen-bond donors (Lipinski definition) is 3. The Labute approximate surface area is 159 Å². The van der Waals surface area contributed by atoms with Gasteiger partial charge in [0.25, 0.3) is 5.69 Å². The highest BCUT2D eigenvalue weighted by atomic mass is 16.6. The minimum atomic E-state index is -0.938. The summed E-state index contributed by atoms with van der Waals surface area (Å²) in [5.74, 6) is 0.512. The average Bonchev–Trinajstić information content (AvgIpc) is 2.64. The molecule has 0 radical (unpaired) electrons. The zero-order valence-electron chi connectivity index (χ0n) is 16.0. The van der Waals surface area contributed by atoms with Gasteiger partial charge in [0.1, 0.15) is 0 Å². The molecule has 0 amide bonds. The van der Waals surface area contributed by atoms with Gasteiger partial charge in [0.05, 0.1) is 35.8 Å². The summed E-state index contributed by atoms with van der Waals surface area (Å²) in [7, 11) is 0. The van der Waals surface area contributed by atoms with Crippen molar-refractivity contribution in [3.05, 3.63) is 39.9 Å². The Bertz CT molecular complexity index is 644. The van der Waals surface area contributed by atoms with Gasteiger partial charge in [-0.1, -0.05) is 18.2 Å². The largest absolute Gasteiger partial charge is 0.387 e. The molecule has 1 aromatic rings. The molecule has 1 fully saturated rings. The normalized spacial score (nSPS) is 18.0. The first-order valence-corrected chi connectivity index (χ1v) is 9.18. The van der Waals surface area contributed by atoms with Crippen molar-refractivity contribution in [1.29, 1.82) is 0 Å². The number of para-hydroxylation sites is 1. The van der Waals surface area contributed by atoms with Gasteiger partial charge in [-0.3, -0.25) is 15.0 Å². The van der Waals surface area contributed by atoms with Crippen LogP contribution in [0.1, 0.15) is 19.4 Å². The third kappa shape index (κ3) is 7.12. The lowest BCUT2D eigenvalue weighted by molar-refractivity contribution is -0.385. The molecule has 3 N–H and O–H groups in total. The summed E-state index contributed by atoms with van der Waals surface area (Å²) < 4.78 is 5.33. The summed E-state index contributed by atoms with van der Waals surface area (Å²) in [6.07, 6.45) is 0. The first-order valence-electron chi connectivity index (χ1n) is 9.18. The van der Waals surface area contributed by atoms with Crippen molar-refractivity contribution < 1.29 is 14.8 Å². The molecule has 1 aromatic carbocycles. The molecule has 1 atom stereocenters. The van der Waals surface area contributed by atoms with E-state index in [0.29, 0.717) is 44.4 Å². The predicted molar refractivity (Wildman–Crippen MR) is 104 cm³/mol. The van der Waals surface area contributed by atoms with E-state index >= 15 is 0 Å². The zero-order valence-corrected chi connectivity index (χ0v) is 16.0. The number of nitrogens with one attached hydrogen (secondary N) is 2. The van der Waals surface area contributed by atoms with E-state index in [9.17, 15) is 15.2 Å². The lowest BCUT2D eigenvalue weighted by Crippen LogP contribution is -2.52. The number of aliphatic hydroxyl groups is 1. The third-order valence-corrected chi connectivity index (χ3v) is 4.24. The molecule has 0 spiro atoms. The highest BCUT2D eigenvalue weighted by molar-refractivity contribution is 5.79. The van der Waals surface area contributed by atoms with Gasteiger partial charge in [0.15, 0.2) is 5.96 Å². The summed E-state index contributed by atoms with van der Waals surface area (Å²) >= 11 is 0. The number of aliphatic imine (C=N–C) groups is 1. The Morgan fingerprint density at radius 3 is 2.74 bits per heavy atom. The van der Waals surface area contributed by atoms with E-state index in [1.165, 1.54) is 6.07 Å². The SMILES string of the molecule is CCNC(=NCc1ccccc1[N+](=O)[O-])NCC(C)(O)CN1CCOCC1. The molecule has 1 heterocycles. The number of rotatable bonds is 8. The summed E-state index contributed by atoms with van der Waals surface area (Å²) in [5, 5.41) is 28.0. The summed E-state index contributed by atoms with van der Waals surface area (Å²) in [6, 6.07) is 6.56. The second-order valence-corrected chi connectivity index (χ2v) is 6.82. The van der Waals surface area contributed by atoms with Crippen LogP contribution in [0.4, 0.5) is 5.69 Å². The van der Waals surface area contributed by atoms with Crippen molar-refractivity contribution in [3.63, 3.8) is 0 Å². The molecule has 1 aliphatic rings. The summed E-state index contributed by atoms with van der Waals surface area (Å²) in [5.41, 5.74) is -0.345. The van der Waals surface area contributed by atoms with Crippen molar-refractivity contribution >= 4 is 11.6 Å². The number of nitro benzene ring substituents is 1. The van der Waals surface area contributed by atoms with Crippen molar-refractivity contribution in [2.45, 2.75) is 26.0 Å². The van der Waals surface area contributed by atoms with Crippen LogP contribution in [0.15, 0.2) is 29.3 Å². The number of nitro groups is 1. The standard InChI is InChI=1S/C18H29N5O4/c1-3-19-17(20-12-15-6-4-5-7-16(15)23(25)26)21-13-18(2,24)14-22-8-10-27-11-9-22/h4-7,24H,3,8-14H2,1-2H3,(H2,19,20,21). The van der Waals surface area contributed by atoms with Gasteiger partial charge in [0.2, 0.25) is 0 Å². The van der Waals surface area contributed by atoms with E-state index in [1.54, 1.807) is 25.1 Å². The maximum absolute atomic E-state index is 11.1. The zero-order chi connectivity index (χ0) is 19.7. The highest BCUT2D eigenvalue weighted by Gasteiger charge is 2.25. The van der Waals surface area contributed by atoms with Crippen molar-refractivity contribution in [2.24, 2.45) is 4.99 Å². The van der Waals surface area contributed by atoms with Gasteiger partial charge in [-0.25, -0.2) is 4.99 Å². The minimum absolute atomic E-state index is 0.0522. The maximum Gasteiger partial charge on any atom is 0.274 e. The van der Waals surface area contributed by atoms with E-state index in [1.807, 2.05) is 6.92 Å². The van der Waals surface area contributed by atoms with Crippen molar-refractivity contribution in [3.8, 4) is 0 Å². The second-order valence-electron chi connectivity index (χ2n) is 6.82. The molecule has 0 aliphatic carbocycles. The third-order valence-electron chi connectivity index (χ3n) is 4.24. The van der Waals surface area contributed by atoms with Crippen LogP contribution in [0.25, 0.3) is 0 Å². The van der Waals surface area contributed by atoms with Crippen LogP contribution in [0.2, 0.25) is 0 Å². The molecule has 27 heavy (non-hydrogen) atoms. The molecule has 0 bridgehead atoms. The fraction of sp³-hybridized carbons (Fsp3) is 0.611. The predicted octanol–water partition coefficient (Wildman–Crippen LogP) is 0.733. The number of β-amino-alcohol motifs (C(OH)–C–C–N with tert-alkyl or cyclic N) is 1. The average molecular weight is 379 g/mol. The van der Waals surface area contributed by atoms with Crippen LogP contribution < -0.4 is 10.6 Å². The Hall–Kier alpha value is -2.23. The fourth-order valence-corrected chi connectivity index (χ4v) is 2.90. The van der Waals surface area contributed by atoms with E-state index in [-0.39, 0.29) is 12.2 Å². The smallest absolute Gasteiger partial charge is 0.274 e. The van der Waals surface area contributed by atoms with Gasteiger partial charge in [-0.15, -0.1) is 0 Å². The molecule has 0 saturated carbocycles. The van der Waals surface area contributed by atoms with E-state index in [0.717, 1.165) is 13.1 Å². The van der Waals surface area contributed by atoms with Gasteiger partial charge in [-0.05, 0) is 13.8 Å². The molecular formula is C18H29N5O4. The Kier molecular flexibility index (Phi) is 7.96. The maximum atomic E-state index is 11.1. The van der Waals surface area contributed by atoms with Crippen LogP contribution in [0.3, 0.4) is 0 Å². The van der Waals surface area contributed by atoms with Gasteiger partial charge < -0.3 is 20.5 Å². The lowest BCUT2D eigenvalue weighted by Gasteiger charge is -2.34. The molecule has 9 nitrogen and oxygen atoms in total. The molecule has 150 valence electrons. The molecule has 9 heteroatoms. The first kappa shape index (κ1) is 21.1. The number of benzene rings is 1. The topological polar surface area (TPSA) is 112 Å². The first-order chi connectivity index (χ1) is 12.9. The highest BCUT2D eigenvalue weighted by Crippen LogP contribution is 2.18. The second kappa shape index (κ2) is 10.2. The number of hydrogen-bond acceptors (Lipinski definition) is 6. The van der Waals surface area contributed by atoms with E-state index in [4.69, 9.17) is 4.74 Å². The van der Waals surface area contributed by atoms with Gasteiger partial charge in [0, 0.05) is 38.8 Å². The summed E-state index contributed by atoms with van der Waals surface area (Å²) in [4.78, 5) is 17.3. The molecule has 1 saturated heterocycles. The van der Waals surface area contributed by atoms with Crippen LogP contribution in [-0.4, -0.2) is 72.4 Å². The number of morpholine rings is 1. The quantitative estimate of drug-likeness (QED) is 0.264. The minimum Gasteiger partial charge on any atom is -0.387 e. The Morgan fingerprint density at radius 1 is 1.37 bits per heavy atom. The number of guanidine groups is 1. The lowest BCUT2D eigenvalue weighted by atomic mass is 10.1. The van der Waals surface area contributed by atoms with E-state index in [2.05, 4.69) is 20.5 Å². The Morgan fingerprint density at radius 2 is 2.07 bits per heavy atom. The molecule has 0 aromatic heterocycles. The van der Waals surface area contributed by atoms with Crippen molar-refractivity contribution in [2.75, 3.05) is 45.9 Å². The number of nitrogens with zero attached hydrogens (tertiary/aromatic N) is 3. The fourth-order valence-electron chi connectivity index (χ4n) is 2.90. The van der Waals surface area contributed by atoms with E-state index < -0.39 is 10.5 Å². The van der Waals surface area contributed by atoms with Crippen LogP contribution in [0, 0.1) is 10.1 Å². The molecule has 1 aliphatic heterocycles. The Balaban J connectivity index is 1.95. The van der Waals surface area contributed by atoms with Crippen molar-refractivity contribution in [1.82, 2.24) is 15.5 Å². The summed E-state index contributed by atoms with van der Waals surface area (Å²) in [6.45, 7) is 8.37. The molecule has 2 rings (SSSR count). The van der Waals surface area contributed by atoms with Gasteiger partial charge >= 0.3 is 0 Å². The van der Waals surface area contributed by atoms with Crippen LogP contribution in [-0.2, 0) is 11.3 Å². The van der Waals surface area contributed by atoms with Gasteiger partial charge in [-0.2, -0.15) is 0 Å². The number of ether oxygens (including phenoxy) is 1. The van der Waals surface area contributed by atoms with Crippen LogP contribution >= 0.6 is 0 Å². The molecule has 1 unspecified atom stereocenters. The van der Waals surface area contributed by atoms with Crippen LogP contribution in [0.5, 0.6) is 0 Å². The monoisotopic (exact) mass is 379 g/mol. The molecular weight excluding hydrogens is 350 g/mol.